The molecule has 2 aromatic rings. The van der Waals surface area contributed by atoms with Gasteiger partial charge in [0.05, 0.1) is 0 Å². The summed E-state index contributed by atoms with van der Waals surface area (Å²) in [7, 11) is 0. The number of aromatic nitrogens is 1. The van der Waals surface area contributed by atoms with E-state index in [-0.39, 0.29) is 5.56 Å². The van der Waals surface area contributed by atoms with Gasteiger partial charge < -0.3 is 10.1 Å². The summed E-state index contributed by atoms with van der Waals surface area (Å²) in [5, 5.41) is 9.61. The molecule has 0 fully saturated rings. The minimum Gasteiger partial charge on any atom is -0.477 e. The zero-order valence-corrected chi connectivity index (χ0v) is 11.5. The maximum absolute atomic E-state index is 11.6. The predicted molar refractivity (Wildman–Crippen MR) is 73.3 cm³/mol. The standard InChI is InChI=1S/C13H12BrNO3/c1-6(2)7-3-10(14)8-5-9(13(17)18)12(16)15-11(8)4-7/h3-6H,1-2H3,(H,15,16)(H,17,18). The second kappa shape index (κ2) is 4.57. The Kier molecular flexibility index (Phi) is 3.26. The molecule has 2 N–H and O–H groups in total. The molecule has 0 atom stereocenters. The van der Waals surface area contributed by atoms with Crippen LogP contribution in [0, 0.1) is 0 Å². The zero-order chi connectivity index (χ0) is 13.4. The molecular weight excluding hydrogens is 298 g/mol. The normalized spacial score (nSPS) is 11.1. The molecule has 2 rings (SSSR count). The topological polar surface area (TPSA) is 70.2 Å². The van der Waals surface area contributed by atoms with E-state index in [9.17, 15) is 9.59 Å². The third-order valence-corrected chi connectivity index (χ3v) is 3.49. The fraction of sp³-hybridized carbons (Fsp3) is 0.231. The van der Waals surface area contributed by atoms with Gasteiger partial charge in [0.2, 0.25) is 0 Å². The number of rotatable bonds is 2. The second-order valence-corrected chi connectivity index (χ2v) is 5.29. The van der Waals surface area contributed by atoms with Crippen molar-refractivity contribution in [3.8, 4) is 0 Å². The molecule has 0 saturated carbocycles. The summed E-state index contributed by atoms with van der Waals surface area (Å²) in [4.78, 5) is 25.1. The molecule has 0 bridgehead atoms. The summed E-state index contributed by atoms with van der Waals surface area (Å²) < 4.78 is 0.780. The molecule has 4 nitrogen and oxygen atoms in total. The van der Waals surface area contributed by atoms with Gasteiger partial charge in [0.1, 0.15) is 5.56 Å². The smallest absolute Gasteiger partial charge is 0.341 e. The lowest BCUT2D eigenvalue weighted by molar-refractivity contribution is 0.0695. The van der Waals surface area contributed by atoms with Crippen LogP contribution in [0.5, 0.6) is 0 Å². The van der Waals surface area contributed by atoms with E-state index in [1.54, 1.807) is 0 Å². The molecule has 1 aromatic heterocycles. The van der Waals surface area contributed by atoms with Gasteiger partial charge in [0.15, 0.2) is 0 Å². The van der Waals surface area contributed by atoms with E-state index in [1.165, 1.54) is 6.07 Å². The number of carbonyl (C=O) groups is 1. The molecule has 0 aliphatic carbocycles. The Morgan fingerprint density at radius 1 is 1.33 bits per heavy atom. The van der Waals surface area contributed by atoms with Crippen LogP contribution in [-0.2, 0) is 0 Å². The van der Waals surface area contributed by atoms with Gasteiger partial charge in [-0.3, -0.25) is 4.79 Å². The SMILES string of the molecule is CC(C)c1cc(Br)c2cc(C(=O)O)c(=O)[nH]c2c1. The Morgan fingerprint density at radius 3 is 2.56 bits per heavy atom. The Morgan fingerprint density at radius 2 is 2.00 bits per heavy atom. The fourth-order valence-corrected chi connectivity index (χ4v) is 2.37. The third-order valence-electron chi connectivity index (χ3n) is 2.83. The van der Waals surface area contributed by atoms with Gasteiger partial charge in [-0.25, -0.2) is 4.79 Å². The minimum absolute atomic E-state index is 0.250. The van der Waals surface area contributed by atoms with E-state index in [0.717, 1.165) is 10.0 Å². The van der Waals surface area contributed by atoms with Crippen LogP contribution in [0.2, 0.25) is 0 Å². The molecule has 0 aliphatic heterocycles. The molecule has 1 heterocycles. The number of carboxylic acids is 1. The van der Waals surface area contributed by atoms with Crippen molar-refractivity contribution >= 4 is 32.8 Å². The number of halogens is 1. The van der Waals surface area contributed by atoms with E-state index < -0.39 is 11.5 Å². The van der Waals surface area contributed by atoms with Gasteiger partial charge in [-0.2, -0.15) is 0 Å². The number of carboxylic acid groups (broad SMARTS) is 1. The maximum Gasteiger partial charge on any atom is 0.341 e. The summed E-state index contributed by atoms with van der Waals surface area (Å²) in [6.45, 7) is 4.11. The average molecular weight is 310 g/mol. The average Bonchev–Trinajstić information content (AvgIpc) is 2.27. The van der Waals surface area contributed by atoms with Gasteiger partial charge in [-0.15, -0.1) is 0 Å². The lowest BCUT2D eigenvalue weighted by Crippen LogP contribution is -2.17. The largest absolute Gasteiger partial charge is 0.477 e. The lowest BCUT2D eigenvalue weighted by atomic mass is 10.0. The molecule has 5 heteroatoms. The minimum atomic E-state index is -1.22. The number of nitrogens with one attached hydrogen (secondary N) is 1. The van der Waals surface area contributed by atoms with Crippen LogP contribution < -0.4 is 5.56 Å². The van der Waals surface area contributed by atoms with Gasteiger partial charge in [0, 0.05) is 15.4 Å². The fourth-order valence-electron chi connectivity index (χ4n) is 1.78. The van der Waals surface area contributed by atoms with E-state index >= 15 is 0 Å². The molecule has 0 radical (unpaired) electrons. The highest BCUT2D eigenvalue weighted by Crippen LogP contribution is 2.27. The van der Waals surface area contributed by atoms with Crippen molar-refractivity contribution in [1.29, 1.82) is 0 Å². The van der Waals surface area contributed by atoms with Crippen LogP contribution in [0.25, 0.3) is 10.9 Å². The first-order valence-corrected chi connectivity index (χ1v) is 6.29. The molecule has 0 unspecified atom stereocenters. The summed E-state index contributed by atoms with van der Waals surface area (Å²) in [5.41, 5.74) is 0.888. The summed E-state index contributed by atoms with van der Waals surface area (Å²) in [5.74, 6) is -0.897. The quantitative estimate of drug-likeness (QED) is 0.895. The number of aromatic carboxylic acids is 1. The number of pyridine rings is 1. The van der Waals surface area contributed by atoms with Crippen molar-refractivity contribution in [3.63, 3.8) is 0 Å². The van der Waals surface area contributed by atoms with Crippen molar-refractivity contribution in [3.05, 3.63) is 44.2 Å². The monoisotopic (exact) mass is 309 g/mol. The highest BCUT2D eigenvalue weighted by atomic mass is 79.9. The number of aromatic amines is 1. The molecule has 0 aliphatic rings. The second-order valence-electron chi connectivity index (χ2n) is 4.44. The number of hydrogen-bond acceptors (Lipinski definition) is 2. The number of benzene rings is 1. The zero-order valence-electron chi connectivity index (χ0n) is 9.95. The van der Waals surface area contributed by atoms with Crippen molar-refractivity contribution in [1.82, 2.24) is 4.98 Å². The van der Waals surface area contributed by atoms with E-state index in [0.29, 0.717) is 16.8 Å². The molecule has 0 saturated heterocycles. The third kappa shape index (κ3) is 2.18. The molecule has 1 aromatic carbocycles. The Hall–Kier alpha value is -1.62. The first-order valence-electron chi connectivity index (χ1n) is 5.50. The molecule has 94 valence electrons. The Labute approximate surface area is 112 Å². The van der Waals surface area contributed by atoms with Crippen molar-refractivity contribution in [2.45, 2.75) is 19.8 Å². The lowest BCUT2D eigenvalue weighted by Gasteiger charge is -2.09. The van der Waals surface area contributed by atoms with E-state index in [2.05, 4.69) is 34.8 Å². The van der Waals surface area contributed by atoms with Crippen LogP contribution in [-0.4, -0.2) is 16.1 Å². The number of fused-ring (bicyclic) bond motifs is 1. The van der Waals surface area contributed by atoms with E-state index in [1.807, 2.05) is 12.1 Å². The summed E-state index contributed by atoms with van der Waals surface area (Å²) >= 11 is 3.41. The molecule has 0 amide bonds. The van der Waals surface area contributed by atoms with Crippen molar-refractivity contribution in [2.75, 3.05) is 0 Å². The summed E-state index contributed by atoms with van der Waals surface area (Å²) in [6, 6.07) is 5.21. The summed E-state index contributed by atoms with van der Waals surface area (Å²) in [6.07, 6.45) is 0. The van der Waals surface area contributed by atoms with E-state index in [4.69, 9.17) is 5.11 Å². The van der Waals surface area contributed by atoms with Crippen molar-refractivity contribution < 1.29 is 9.90 Å². The maximum atomic E-state index is 11.6. The number of H-pyrrole nitrogens is 1. The molecule has 0 spiro atoms. The Balaban J connectivity index is 2.81. The van der Waals surface area contributed by atoms with Crippen LogP contribution in [0.1, 0.15) is 35.7 Å². The van der Waals surface area contributed by atoms with Gasteiger partial charge in [-0.05, 0) is 29.7 Å². The number of hydrogen-bond donors (Lipinski definition) is 2. The first-order chi connectivity index (χ1) is 8.40. The van der Waals surface area contributed by atoms with Crippen LogP contribution in [0.15, 0.2) is 27.5 Å². The van der Waals surface area contributed by atoms with Crippen LogP contribution in [0.3, 0.4) is 0 Å². The Bertz CT molecular complexity index is 688. The van der Waals surface area contributed by atoms with Gasteiger partial charge in [-0.1, -0.05) is 29.8 Å². The highest BCUT2D eigenvalue weighted by Gasteiger charge is 2.13. The van der Waals surface area contributed by atoms with Crippen LogP contribution >= 0.6 is 15.9 Å². The molecular formula is C13H12BrNO3. The van der Waals surface area contributed by atoms with Crippen LogP contribution in [0.4, 0.5) is 0 Å². The molecule has 18 heavy (non-hydrogen) atoms. The van der Waals surface area contributed by atoms with Crippen molar-refractivity contribution in [2.24, 2.45) is 0 Å². The predicted octanol–water partition coefficient (Wildman–Crippen LogP) is 3.11. The van der Waals surface area contributed by atoms with Gasteiger partial charge >= 0.3 is 5.97 Å². The highest BCUT2D eigenvalue weighted by molar-refractivity contribution is 9.10. The first kappa shape index (κ1) is 12.8. The van der Waals surface area contributed by atoms with Gasteiger partial charge in [0.25, 0.3) is 5.56 Å².